The molecular weight excluding hydrogens is 140 g/mol. The Morgan fingerprint density at radius 3 is 2.10 bits per heavy atom. The molecule has 0 aliphatic rings. The van der Waals surface area contributed by atoms with E-state index in [1.54, 1.807) is 0 Å². The lowest BCUT2D eigenvalue weighted by Crippen LogP contribution is -2.07. The molecule has 0 fully saturated rings. The summed E-state index contributed by atoms with van der Waals surface area (Å²) in [5.41, 5.74) is 0. The summed E-state index contributed by atoms with van der Waals surface area (Å²) in [6, 6.07) is 1.33. The van der Waals surface area contributed by atoms with Gasteiger partial charge in [-0.1, -0.05) is 27.7 Å². The topological polar surface area (TPSA) is 9.23 Å². The van der Waals surface area contributed by atoms with E-state index < -0.39 is 0 Å². The summed E-state index contributed by atoms with van der Waals surface area (Å²) in [7, 11) is -0.179. The van der Waals surface area contributed by atoms with E-state index in [0.717, 1.165) is 12.5 Å². The molecule has 0 spiro atoms. The first-order valence-corrected chi connectivity index (χ1v) is 5.78. The van der Waals surface area contributed by atoms with Crippen molar-refractivity contribution in [3.8, 4) is 0 Å². The molecule has 0 amide bonds. The van der Waals surface area contributed by atoms with Crippen molar-refractivity contribution < 1.29 is 4.43 Å². The van der Waals surface area contributed by atoms with Crippen molar-refractivity contribution in [1.82, 2.24) is 0 Å². The predicted octanol–water partition coefficient (Wildman–Crippen LogP) is 1.82. The molecule has 0 aromatic heterocycles. The second-order valence-corrected chi connectivity index (χ2v) is 5.05. The largest absolute Gasteiger partial charge is 0.424 e. The van der Waals surface area contributed by atoms with E-state index in [1.165, 1.54) is 6.04 Å². The average molecular weight is 160 g/mol. The fraction of sp³-hybridized carbons (Fsp3) is 1.00. The molecule has 0 bridgehead atoms. The van der Waals surface area contributed by atoms with E-state index in [1.807, 2.05) is 0 Å². The van der Waals surface area contributed by atoms with Gasteiger partial charge in [-0.05, 0) is 17.9 Å². The van der Waals surface area contributed by atoms with Crippen LogP contribution in [-0.2, 0) is 4.43 Å². The van der Waals surface area contributed by atoms with E-state index in [2.05, 4.69) is 27.7 Å². The van der Waals surface area contributed by atoms with Gasteiger partial charge in [-0.15, -0.1) is 0 Å². The zero-order chi connectivity index (χ0) is 7.98. The van der Waals surface area contributed by atoms with Crippen LogP contribution in [0.25, 0.3) is 0 Å². The molecule has 0 aliphatic carbocycles. The fourth-order valence-electron chi connectivity index (χ4n) is 0.638. The Morgan fingerprint density at radius 1 is 1.10 bits per heavy atom. The van der Waals surface area contributed by atoms with E-state index >= 15 is 0 Å². The van der Waals surface area contributed by atoms with Gasteiger partial charge in [0.25, 0.3) is 0 Å². The minimum Gasteiger partial charge on any atom is -0.424 e. The quantitative estimate of drug-likeness (QED) is 0.440. The van der Waals surface area contributed by atoms with Crippen LogP contribution >= 0.6 is 0 Å². The lowest BCUT2D eigenvalue weighted by Gasteiger charge is -2.07. The SMILES string of the molecule is CC(C)CO[SiH2]CC(C)C. The van der Waals surface area contributed by atoms with Crippen LogP contribution in [0.5, 0.6) is 0 Å². The summed E-state index contributed by atoms with van der Waals surface area (Å²) in [4.78, 5) is 0. The minimum absolute atomic E-state index is 0.179. The van der Waals surface area contributed by atoms with Crippen molar-refractivity contribution in [3.05, 3.63) is 0 Å². The lowest BCUT2D eigenvalue weighted by molar-refractivity contribution is 0.282. The first-order chi connectivity index (χ1) is 4.63. The van der Waals surface area contributed by atoms with Crippen LogP contribution in [0.3, 0.4) is 0 Å². The third kappa shape index (κ3) is 8.18. The number of hydrogen-bond donors (Lipinski definition) is 0. The lowest BCUT2D eigenvalue weighted by atomic mass is 10.2. The van der Waals surface area contributed by atoms with Crippen LogP contribution in [0.1, 0.15) is 27.7 Å². The Labute approximate surface area is 67.1 Å². The van der Waals surface area contributed by atoms with Crippen LogP contribution in [-0.4, -0.2) is 16.4 Å². The van der Waals surface area contributed by atoms with Gasteiger partial charge in [0.15, 0.2) is 9.76 Å². The molecule has 1 nitrogen and oxygen atoms in total. The molecule has 0 radical (unpaired) electrons. The van der Waals surface area contributed by atoms with Crippen molar-refractivity contribution in [3.63, 3.8) is 0 Å². The molecule has 0 aliphatic heterocycles. The highest BCUT2D eigenvalue weighted by atomic mass is 28.2. The standard InChI is InChI=1S/C8H20OSi/c1-7(2)5-9-10-6-8(3)4/h7-8H,5-6,10H2,1-4H3. The summed E-state index contributed by atoms with van der Waals surface area (Å²) in [5, 5.41) is 0. The van der Waals surface area contributed by atoms with Crippen molar-refractivity contribution in [2.75, 3.05) is 6.61 Å². The second kappa shape index (κ2) is 5.92. The third-order valence-corrected chi connectivity index (χ3v) is 3.21. The maximum Gasteiger partial charge on any atom is 0.161 e. The van der Waals surface area contributed by atoms with Crippen LogP contribution in [0, 0.1) is 11.8 Å². The fourth-order valence-corrected chi connectivity index (χ4v) is 1.91. The van der Waals surface area contributed by atoms with Gasteiger partial charge in [0.1, 0.15) is 0 Å². The summed E-state index contributed by atoms with van der Waals surface area (Å²) in [5.74, 6) is 1.54. The van der Waals surface area contributed by atoms with E-state index in [9.17, 15) is 0 Å². The van der Waals surface area contributed by atoms with E-state index in [0.29, 0.717) is 5.92 Å². The van der Waals surface area contributed by atoms with Crippen molar-refractivity contribution in [1.29, 1.82) is 0 Å². The van der Waals surface area contributed by atoms with Crippen LogP contribution in [0.15, 0.2) is 0 Å². The van der Waals surface area contributed by atoms with Gasteiger partial charge in [0.05, 0.1) is 0 Å². The molecule has 0 saturated heterocycles. The molecule has 0 aromatic carbocycles. The zero-order valence-electron chi connectivity index (χ0n) is 7.68. The first-order valence-electron chi connectivity index (χ1n) is 4.20. The normalized spacial score (nSPS) is 12.6. The molecule has 0 rings (SSSR count). The van der Waals surface area contributed by atoms with Gasteiger partial charge in [0.2, 0.25) is 0 Å². The average Bonchev–Trinajstić information content (AvgIpc) is 1.79. The van der Waals surface area contributed by atoms with E-state index in [4.69, 9.17) is 4.43 Å². The predicted molar refractivity (Wildman–Crippen MR) is 49.0 cm³/mol. The Morgan fingerprint density at radius 2 is 1.70 bits per heavy atom. The molecule has 10 heavy (non-hydrogen) atoms. The Balaban J connectivity index is 2.91. The second-order valence-electron chi connectivity index (χ2n) is 3.65. The van der Waals surface area contributed by atoms with Crippen LogP contribution < -0.4 is 0 Å². The van der Waals surface area contributed by atoms with Gasteiger partial charge in [0, 0.05) is 6.61 Å². The summed E-state index contributed by atoms with van der Waals surface area (Å²) in [6.45, 7) is 9.88. The van der Waals surface area contributed by atoms with Crippen LogP contribution in [0.4, 0.5) is 0 Å². The molecule has 0 heterocycles. The van der Waals surface area contributed by atoms with Gasteiger partial charge >= 0.3 is 0 Å². The maximum absolute atomic E-state index is 5.54. The number of rotatable bonds is 5. The first kappa shape index (κ1) is 10.2. The highest BCUT2D eigenvalue weighted by molar-refractivity contribution is 6.27. The zero-order valence-corrected chi connectivity index (χ0v) is 9.10. The monoisotopic (exact) mass is 160 g/mol. The Bertz CT molecular complexity index is 61.7. The summed E-state index contributed by atoms with van der Waals surface area (Å²) >= 11 is 0. The van der Waals surface area contributed by atoms with Gasteiger partial charge < -0.3 is 4.43 Å². The summed E-state index contributed by atoms with van der Waals surface area (Å²) < 4.78 is 5.54. The highest BCUT2D eigenvalue weighted by Crippen LogP contribution is 2.00. The molecular formula is C8H20OSi. The third-order valence-electron chi connectivity index (χ3n) is 1.29. The maximum atomic E-state index is 5.54. The smallest absolute Gasteiger partial charge is 0.161 e. The van der Waals surface area contributed by atoms with Crippen molar-refractivity contribution >= 4 is 9.76 Å². The Hall–Kier alpha value is 0.177. The van der Waals surface area contributed by atoms with Gasteiger partial charge in [-0.3, -0.25) is 0 Å². The summed E-state index contributed by atoms with van der Waals surface area (Å²) in [6.07, 6.45) is 0. The molecule has 0 unspecified atom stereocenters. The Kier molecular flexibility index (Phi) is 6.03. The van der Waals surface area contributed by atoms with Crippen LogP contribution in [0.2, 0.25) is 6.04 Å². The minimum atomic E-state index is -0.179. The van der Waals surface area contributed by atoms with Gasteiger partial charge in [-0.25, -0.2) is 0 Å². The van der Waals surface area contributed by atoms with Crippen molar-refractivity contribution in [2.45, 2.75) is 33.7 Å². The highest BCUT2D eigenvalue weighted by Gasteiger charge is 1.96. The molecule has 0 atom stereocenters. The molecule has 0 aromatic rings. The number of hydrogen-bond acceptors (Lipinski definition) is 1. The van der Waals surface area contributed by atoms with Gasteiger partial charge in [-0.2, -0.15) is 0 Å². The van der Waals surface area contributed by atoms with E-state index in [-0.39, 0.29) is 9.76 Å². The molecule has 0 N–H and O–H groups in total. The molecule has 62 valence electrons. The van der Waals surface area contributed by atoms with Crippen molar-refractivity contribution in [2.24, 2.45) is 11.8 Å². The molecule has 2 heteroatoms. The molecule has 0 saturated carbocycles.